The van der Waals surface area contributed by atoms with Crippen LogP contribution in [0, 0.1) is 17.8 Å². The van der Waals surface area contributed by atoms with Crippen LogP contribution in [-0.2, 0) is 0 Å². The maximum absolute atomic E-state index is 5.70. The molecule has 0 aromatic heterocycles. The summed E-state index contributed by atoms with van der Waals surface area (Å²) in [6.45, 7) is 6.56. The lowest BCUT2D eigenvalue weighted by atomic mass is 9.56. The van der Waals surface area contributed by atoms with Crippen molar-refractivity contribution in [3.63, 3.8) is 0 Å². The van der Waals surface area contributed by atoms with Crippen LogP contribution in [0.15, 0.2) is 0 Å². The Labute approximate surface area is 121 Å². The van der Waals surface area contributed by atoms with Crippen molar-refractivity contribution in [3.8, 4) is 0 Å². The molecule has 3 heteroatoms. The fourth-order valence-corrected chi connectivity index (χ4v) is 7.39. The number of rotatable bonds is 3. The average molecular weight is 284 g/mol. The van der Waals surface area contributed by atoms with Crippen molar-refractivity contribution in [3.05, 3.63) is 0 Å². The molecule has 0 unspecified atom stereocenters. The first-order valence-corrected chi connectivity index (χ1v) is 8.84. The Hall–Kier alpha value is 0.240. The summed E-state index contributed by atoms with van der Waals surface area (Å²) < 4.78 is 1.70. The number of nitrogens with zero attached hydrogens (tertiary/aromatic N) is 1. The van der Waals surface area contributed by atoms with Crippen molar-refractivity contribution < 1.29 is 0 Å². The predicted molar refractivity (Wildman–Crippen MR) is 84.0 cm³/mol. The third kappa shape index (κ3) is 2.33. The van der Waals surface area contributed by atoms with Gasteiger partial charge in [0.1, 0.15) is 4.32 Å². The molecule has 4 saturated carbocycles. The van der Waals surface area contributed by atoms with Gasteiger partial charge in [0.2, 0.25) is 0 Å². The molecular formula is C15H25NS2. The number of hydrogen-bond acceptors (Lipinski definition) is 2. The maximum Gasteiger partial charge on any atom is 0.136 e. The standard InChI is InChI=1S/C15H25NS2/c1-3-16(4-2)14(17)18-15-8-11-5-12(9-15)7-13(6-11)10-15/h11-13H,3-10H2,1-2H3. The van der Waals surface area contributed by atoms with Gasteiger partial charge in [0.15, 0.2) is 0 Å². The Balaban J connectivity index is 1.70. The maximum atomic E-state index is 5.70. The molecule has 4 aliphatic carbocycles. The molecule has 0 aromatic rings. The van der Waals surface area contributed by atoms with Crippen LogP contribution in [0.3, 0.4) is 0 Å². The van der Waals surface area contributed by atoms with Gasteiger partial charge in [-0.3, -0.25) is 0 Å². The Morgan fingerprint density at radius 3 is 1.89 bits per heavy atom. The minimum atomic E-state index is 0.536. The molecule has 0 N–H and O–H groups in total. The molecule has 1 nitrogen and oxygen atoms in total. The second kappa shape index (κ2) is 4.97. The van der Waals surface area contributed by atoms with Crippen molar-refractivity contribution in [2.45, 2.75) is 57.1 Å². The van der Waals surface area contributed by atoms with Gasteiger partial charge in [-0.05, 0) is 70.1 Å². The highest BCUT2D eigenvalue weighted by Crippen LogP contribution is 2.60. The van der Waals surface area contributed by atoms with Crippen molar-refractivity contribution in [1.82, 2.24) is 4.90 Å². The van der Waals surface area contributed by atoms with Gasteiger partial charge in [-0.2, -0.15) is 0 Å². The van der Waals surface area contributed by atoms with Crippen LogP contribution < -0.4 is 0 Å². The van der Waals surface area contributed by atoms with Crippen LogP contribution in [0.1, 0.15) is 52.4 Å². The molecule has 0 radical (unpaired) electrons. The number of thioether (sulfide) groups is 1. The zero-order valence-electron chi connectivity index (χ0n) is 11.7. The highest BCUT2D eigenvalue weighted by Gasteiger charge is 2.51. The number of hydrogen-bond donors (Lipinski definition) is 0. The van der Waals surface area contributed by atoms with Crippen LogP contribution in [-0.4, -0.2) is 27.1 Å². The highest BCUT2D eigenvalue weighted by molar-refractivity contribution is 8.23. The van der Waals surface area contributed by atoms with E-state index >= 15 is 0 Å². The van der Waals surface area contributed by atoms with Crippen molar-refractivity contribution in [2.24, 2.45) is 17.8 Å². The van der Waals surface area contributed by atoms with Gasteiger partial charge in [-0.15, -0.1) is 0 Å². The second-order valence-corrected chi connectivity index (χ2v) is 8.74. The summed E-state index contributed by atoms with van der Waals surface area (Å²) in [6.07, 6.45) is 8.93. The Bertz CT molecular complexity index is 300. The Morgan fingerprint density at radius 2 is 1.50 bits per heavy atom. The highest BCUT2D eigenvalue weighted by atomic mass is 32.2. The number of thiocarbonyl (C=S) groups is 1. The second-order valence-electron chi connectivity index (χ2n) is 6.64. The molecule has 4 bridgehead atoms. The molecule has 102 valence electrons. The quantitative estimate of drug-likeness (QED) is 0.710. The van der Waals surface area contributed by atoms with E-state index in [0.29, 0.717) is 4.75 Å². The zero-order chi connectivity index (χ0) is 12.8. The lowest BCUT2D eigenvalue weighted by molar-refractivity contribution is 0.0387. The molecule has 0 saturated heterocycles. The third-order valence-electron chi connectivity index (χ3n) is 5.31. The summed E-state index contributed by atoms with van der Waals surface area (Å²) in [4.78, 5) is 2.36. The first-order chi connectivity index (χ1) is 8.64. The summed E-state index contributed by atoms with van der Waals surface area (Å²) in [6, 6.07) is 0. The summed E-state index contributed by atoms with van der Waals surface area (Å²) in [5.41, 5.74) is 0. The van der Waals surface area contributed by atoms with Crippen LogP contribution >= 0.6 is 24.0 Å². The average Bonchev–Trinajstić information content (AvgIpc) is 2.27. The lowest BCUT2D eigenvalue weighted by Crippen LogP contribution is -2.49. The minimum absolute atomic E-state index is 0.536. The van der Waals surface area contributed by atoms with E-state index in [1.165, 1.54) is 42.8 Å². The van der Waals surface area contributed by atoms with Gasteiger partial charge in [0.05, 0.1) is 0 Å². The van der Waals surface area contributed by atoms with Crippen LogP contribution in [0.25, 0.3) is 0 Å². The van der Waals surface area contributed by atoms with Gasteiger partial charge in [0.25, 0.3) is 0 Å². The summed E-state index contributed by atoms with van der Waals surface area (Å²) in [5.74, 6) is 3.09. The molecule has 0 aromatic carbocycles. The smallest absolute Gasteiger partial charge is 0.136 e. The first-order valence-electron chi connectivity index (χ1n) is 7.62. The van der Waals surface area contributed by atoms with E-state index in [-0.39, 0.29) is 0 Å². The van der Waals surface area contributed by atoms with Gasteiger partial charge < -0.3 is 4.90 Å². The van der Waals surface area contributed by atoms with Crippen LogP contribution in [0.5, 0.6) is 0 Å². The Morgan fingerprint density at radius 1 is 1.06 bits per heavy atom. The molecule has 0 atom stereocenters. The van der Waals surface area contributed by atoms with Gasteiger partial charge in [-0.25, -0.2) is 0 Å². The molecule has 0 heterocycles. The fraction of sp³-hybridized carbons (Fsp3) is 0.933. The van der Waals surface area contributed by atoms with Gasteiger partial charge in [-0.1, -0.05) is 24.0 Å². The molecule has 4 rings (SSSR count). The summed E-state index contributed by atoms with van der Waals surface area (Å²) in [5, 5.41) is 0. The SMILES string of the molecule is CCN(CC)C(=S)SC12CC3CC(CC(C3)C1)C2. The van der Waals surface area contributed by atoms with E-state index in [2.05, 4.69) is 30.5 Å². The summed E-state index contributed by atoms with van der Waals surface area (Å²) >= 11 is 7.77. The molecule has 0 spiro atoms. The molecule has 4 aliphatic rings. The molecular weight excluding hydrogens is 258 g/mol. The first kappa shape index (κ1) is 13.2. The predicted octanol–water partition coefficient (Wildman–Crippen LogP) is 4.32. The molecule has 0 aliphatic heterocycles. The zero-order valence-corrected chi connectivity index (χ0v) is 13.3. The van der Waals surface area contributed by atoms with E-state index in [1.54, 1.807) is 0 Å². The fourth-order valence-electron chi connectivity index (χ4n) is 4.89. The third-order valence-corrected chi connectivity index (χ3v) is 7.18. The van der Waals surface area contributed by atoms with Crippen molar-refractivity contribution in [1.29, 1.82) is 0 Å². The topological polar surface area (TPSA) is 3.24 Å². The normalized spacial score (nSPS) is 41.1. The minimum Gasteiger partial charge on any atom is -0.358 e. The van der Waals surface area contributed by atoms with Gasteiger partial charge >= 0.3 is 0 Å². The van der Waals surface area contributed by atoms with E-state index in [9.17, 15) is 0 Å². The van der Waals surface area contributed by atoms with E-state index in [1.807, 2.05) is 0 Å². The largest absolute Gasteiger partial charge is 0.358 e. The Kier molecular flexibility index (Phi) is 3.66. The molecule has 0 amide bonds. The molecule has 18 heavy (non-hydrogen) atoms. The van der Waals surface area contributed by atoms with Crippen molar-refractivity contribution >= 4 is 28.3 Å². The van der Waals surface area contributed by atoms with E-state index in [0.717, 1.165) is 30.8 Å². The van der Waals surface area contributed by atoms with Gasteiger partial charge in [0, 0.05) is 17.8 Å². The van der Waals surface area contributed by atoms with E-state index < -0.39 is 0 Å². The van der Waals surface area contributed by atoms with Crippen LogP contribution in [0.4, 0.5) is 0 Å². The van der Waals surface area contributed by atoms with Crippen LogP contribution in [0.2, 0.25) is 0 Å². The lowest BCUT2D eigenvalue weighted by Gasteiger charge is -2.56. The molecule has 4 fully saturated rings. The van der Waals surface area contributed by atoms with E-state index in [4.69, 9.17) is 12.2 Å². The van der Waals surface area contributed by atoms with Crippen molar-refractivity contribution in [2.75, 3.05) is 13.1 Å². The summed E-state index contributed by atoms with van der Waals surface area (Å²) in [7, 11) is 0. The monoisotopic (exact) mass is 283 g/mol.